The quantitative estimate of drug-likeness (QED) is 0.648. The molecular weight excluding hydrogens is 308 g/mol. The van der Waals surface area contributed by atoms with Crippen molar-refractivity contribution >= 4 is 26.8 Å². The fourth-order valence-electron chi connectivity index (χ4n) is 2.53. The highest BCUT2D eigenvalue weighted by atomic mass is 32.1. The summed E-state index contributed by atoms with van der Waals surface area (Å²) in [7, 11) is 4.02. The molecule has 0 radical (unpaired) electrons. The molecule has 5 nitrogen and oxygen atoms in total. The molecule has 0 saturated heterocycles. The van der Waals surface area contributed by atoms with Crippen molar-refractivity contribution in [3.63, 3.8) is 0 Å². The van der Waals surface area contributed by atoms with Crippen LogP contribution in [0, 0.1) is 13.8 Å². The molecule has 0 unspecified atom stereocenters. The number of aromatic nitrogens is 3. The zero-order valence-corrected chi connectivity index (χ0v) is 14.9. The first-order chi connectivity index (χ1) is 11.0. The molecule has 23 heavy (non-hydrogen) atoms. The van der Waals surface area contributed by atoms with Crippen molar-refractivity contribution in [3.05, 3.63) is 35.5 Å². The average molecular weight is 330 g/mol. The highest BCUT2D eigenvalue weighted by Gasteiger charge is 2.14. The number of nitrogens with zero attached hydrogens (tertiary/aromatic N) is 4. The van der Waals surface area contributed by atoms with Crippen LogP contribution < -0.4 is 9.64 Å². The Hall–Kier alpha value is -2.08. The Morgan fingerprint density at radius 1 is 1.30 bits per heavy atom. The lowest BCUT2D eigenvalue weighted by molar-refractivity contribution is 0.312. The van der Waals surface area contributed by atoms with E-state index in [0.717, 1.165) is 35.2 Å². The monoisotopic (exact) mass is 330 g/mol. The Morgan fingerprint density at radius 2 is 2.13 bits per heavy atom. The first-order valence-corrected chi connectivity index (χ1v) is 8.57. The fourth-order valence-corrected chi connectivity index (χ4v) is 3.55. The van der Waals surface area contributed by atoms with E-state index in [0.29, 0.717) is 6.61 Å². The minimum absolute atomic E-state index is 0.708. The topological polar surface area (TPSA) is 43.2 Å². The molecule has 0 atom stereocenters. The maximum atomic E-state index is 5.80. The number of anilines is 1. The van der Waals surface area contributed by atoms with E-state index in [1.807, 2.05) is 30.8 Å². The minimum Gasteiger partial charge on any atom is -0.494 e. The van der Waals surface area contributed by atoms with Gasteiger partial charge in [-0.2, -0.15) is 5.10 Å². The Morgan fingerprint density at radius 3 is 2.87 bits per heavy atom. The number of hydrogen-bond acceptors (Lipinski definition) is 5. The van der Waals surface area contributed by atoms with Crippen molar-refractivity contribution < 1.29 is 4.74 Å². The molecule has 0 fully saturated rings. The van der Waals surface area contributed by atoms with Crippen LogP contribution in [-0.2, 0) is 7.05 Å². The van der Waals surface area contributed by atoms with Crippen molar-refractivity contribution in [1.82, 2.24) is 14.8 Å². The molecule has 1 aromatic carbocycles. The van der Waals surface area contributed by atoms with E-state index >= 15 is 0 Å². The van der Waals surface area contributed by atoms with Crippen molar-refractivity contribution in [3.8, 4) is 5.75 Å². The normalized spacial score (nSPS) is 11.1. The van der Waals surface area contributed by atoms with Gasteiger partial charge in [0.25, 0.3) is 0 Å². The molecule has 2 aromatic heterocycles. The summed E-state index contributed by atoms with van der Waals surface area (Å²) in [5, 5.41) is 5.43. The highest BCUT2D eigenvalue weighted by Crippen LogP contribution is 2.30. The van der Waals surface area contributed by atoms with Gasteiger partial charge >= 0.3 is 0 Å². The molecule has 0 N–H and O–H groups in total. The van der Waals surface area contributed by atoms with Crippen LogP contribution in [0.3, 0.4) is 0 Å². The third-order valence-electron chi connectivity index (χ3n) is 3.76. The second kappa shape index (κ2) is 6.58. The lowest BCUT2D eigenvalue weighted by Crippen LogP contribution is -2.20. The zero-order chi connectivity index (χ0) is 16.4. The molecule has 0 bridgehead atoms. The van der Waals surface area contributed by atoms with E-state index < -0.39 is 0 Å². The van der Waals surface area contributed by atoms with Crippen LogP contribution in [0.5, 0.6) is 5.75 Å². The van der Waals surface area contributed by atoms with Gasteiger partial charge in [0.2, 0.25) is 0 Å². The van der Waals surface area contributed by atoms with Gasteiger partial charge in [0.15, 0.2) is 10.8 Å². The highest BCUT2D eigenvalue weighted by molar-refractivity contribution is 7.22. The van der Waals surface area contributed by atoms with Crippen LogP contribution in [0.4, 0.5) is 5.13 Å². The van der Waals surface area contributed by atoms with Gasteiger partial charge in [-0.25, -0.2) is 9.67 Å². The molecule has 6 heteroatoms. The summed E-state index contributed by atoms with van der Waals surface area (Å²) in [6.07, 6.45) is 0.956. The Bertz CT molecular complexity index is 774. The third kappa shape index (κ3) is 3.47. The van der Waals surface area contributed by atoms with Gasteiger partial charge in [-0.05, 0) is 38.0 Å². The van der Waals surface area contributed by atoms with Crippen LogP contribution in [0.25, 0.3) is 10.3 Å². The number of aryl methyl sites for hydroxylation is 3. The molecule has 0 aliphatic rings. The van der Waals surface area contributed by atoms with Gasteiger partial charge in [-0.1, -0.05) is 23.5 Å². The summed E-state index contributed by atoms with van der Waals surface area (Å²) in [5.74, 6) is 0.939. The first-order valence-electron chi connectivity index (χ1n) is 7.75. The molecule has 0 amide bonds. The fraction of sp³-hybridized carbons (Fsp3) is 0.412. The lowest BCUT2D eigenvalue weighted by atomic mass is 10.2. The van der Waals surface area contributed by atoms with Gasteiger partial charge in [-0.15, -0.1) is 0 Å². The van der Waals surface area contributed by atoms with Crippen LogP contribution >= 0.6 is 11.3 Å². The number of fused-ring (bicyclic) bond motifs is 1. The molecule has 3 rings (SSSR count). The number of hydrogen-bond donors (Lipinski definition) is 0. The molecule has 0 aliphatic carbocycles. The Kier molecular flexibility index (Phi) is 4.52. The maximum Gasteiger partial charge on any atom is 0.187 e. The smallest absolute Gasteiger partial charge is 0.187 e. The summed E-state index contributed by atoms with van der Waals surface area (Å²) in [4.78, 5) is 6.87. The largest absolute Gasteiger partial charge is 0.494 e. The first kappa shape index (κ1) is 15.8. The van der Waals surface area contributed by atoms with Crippen molar-refractivity contribution in [2.45, 2.75) is 20.3 Å². The van der Waals surface area contributed by atoms with E-state index in [1.54, 1.807) is 11.3 Å². The average Bonchev–Trinajstić information content (AvgIpc) is 3.06. The molecule has 0 aliphatic heterocycles. The summed E-state index contributed by atoms with van der Waals surface area (Å²) in [6, 6.07) is 8.16. The van der Waals surface area contributed by atoms with Crippen LogP contribution in [0.2, 0.25) is 0 Å². The maximum absolute atomic E-state index is 5.80. The van der Waals surface area contributed by atoms with Crippen LogP contribution in [-0.4, -0.2) is 35.0 Å². The summed E-state index contributed by atoms with van der Waals surface area (Å²) >= 11 is 1.70. The van der Waals surface area contributed by atoms with E-state index in [4.69, 9.17) is 4.74 Å². The second-order valence-corrected chi connectivity index (χ2v) is 6.78. The van der Waals surface area contributed by atoms with Crippen LogP contribution in [0.15, 0.2) is 24.3 Å². The Labute approximate surface area is 140 Å². The number of thiazole rings is 1. The predicted molar refractivity (Wildman–Crippen MR) is 95.7 cm³/mol. The summed E-state index contributed by atoms with van der Waals surface area (Å²) in [6.45, 7) is 5.72. The summed E-state index contributed by atoms with van der Waals surface area (Å²) < 4.78 is 8.82. The van der Waals surface area contributed by atoms with Crippen molar-refractivity contribution in [2.24, 2.45) is 7.05 Å². The van der Waals surface area contributed by atoms with Gasteiger partial charge in [-0.3, -0.25) is 0 Å². The van der Waals surface area contributed by atoms with E-state index in [9.17, 15) is 0 Å². The van der Waals surface area contributed by atoms with Gasteiger partial charge in [0.1, 0.15) is 5.75 Å². The predicted octanol–water partition coefficient (Wildman–Crippen LogP) is 3.55. The van der Waals surface area contributed by atoms with E-state index in [1.165, 1.54) is 10.3 Å². The third-order valence-corrected chi connectivity index (χ3v) is 5.02. The summed E-state index contributed by atoms with van der Waals surface area (Å²) in [5.41, 5.74) is 3.23. The van der Waals surface area contributed by atoms with Gasteiger partial charge in [0, 0.05) is 20.6 Å². The lowest BCUT2D eigenvalue weighted by Gasteiger charge is -2.15. The standard InChI is InChI=1S/C17H22N4OS/c1-12-7-5-8-14(11-12)22-10-6-9-20(3)17-18-16-15(23-17)13(2)19-21(16)4/h5,7-8,11H,6,9-10H2,1-4H3. The SMILES string of the molecule is Cc1cccc(OCCCN(C)c2nc3c(s2)c(C)nn3C)c1. The zero-order valence-electron chi connectivity index (χ0n) is 14.0. The number of ether oxygens (including phenoxy) is 1. The van der Waals surface area contributed by atoms with Gasteiger partial charge in [0.05, 0.1) is 17.0 Å². The van der Waals surface area contributed by atoms with E-state index in [-0.39, 0.29) is 0 Å². The van der Waals surface area contributed by atoms with Crippen molar-refractivity contribution in [1.29, 1.82) is 0 Å². The van der Waals surface area contributed by atoms with E-state index in [2.05, 4.69) is 41.1 Å². The molecule has 2 heterocycles. The minimum atomic E-state index is 0.708. The van der Waals surface area contributed by atoms with Crippen LogP contribution in [0.1, 0.15) is 17.7 Å². The molecule has 3 aromatic rings. The molecule has 0 saturated carbocycles. The molecule has 0 spiro atoms. The second-order valence-electron chi connectivity index (χ2n) is 5.80. The van der Waals surface area contributed by atoms with Gasteiger partial charge < -0.3 is 9.64 Å². The molecular formula is C17H22N4OS. The Balaban J connectivity index is 1.54. The number of benzene rings is 1. The van der Waals surface area contributed by atoms with Crippen molar-refractivity contribution in [2.75, 3.05) is 25.1 Å². The molecule has 122 valence electrons. The number of rotatable bonds is 6.